The van der Waals surface area contributed by atoms with Gasteiger partial charge in [0.1, 0.15) is 11.6 Å². The molecule has 0 atom stereocenters. The van der Waals surface area contributed by atoms with Crippen molar-refractivity contribution in [1.82, 2.24) is 9.97 Å². The monoisotopic (exact) mass is 238 g/mol. The Labute approximate surface area is 96.0 Å². The Bertz CT molecular complexity index is 573. The minimum absolute atomic E-state index is 0.103. The number of H-pyrrole nitrogens is 1. The normalized spacial score (nSPS) is 10.4. The summed E-state index contributed by atoms with van der Waals surface area (Å²) in [6.07, 6.45) is 1.49. The molecule has 1 aromatic carbocycles. The molecular weight excluding hydrogens is 230 g/mol. The summed E-state index contributed by atoms with van der Waals surface area (Å²) in [5.74, 6) is -1.25. The molecule has 2 aromatic rings. The third-order valence-electron chi connectivity index (χ3n) is 2.21. The third-order valence-corrected chi connectivity index (χ3v) is 2.42. The predicted molar refractivity (Wildman–Crippen MR) is 59.5 cm³/mol. The molecule has 0 aliphatic rings. The fourth-order valence-electron chi connectivity index (χ4n) is 1.45. The lowest BCUT2D eigenvalue weighted by Gasteiger charge is -2.07. The van der Waals surface area contributed by atoms with Crippen LogP contribution in [0.3, 0.4) is 0 Å². The molecule has 2 nitrogen and oxygen atoms in total. The smallest absolute Gasteiger partial charge is 0.197 e. The zero-order chi connectivity index (χ0) is 11.7. The largest absolute Gasteiger partial charge is 0.330 e. The summed E-state index contributed by atoms with van der Waals surface area (Å²) in [5.41, 5.74) is 0.863. The highest BCUT2D eigenvalue weighted by Gasteiger charge is 2.13. The lowest BCUT2D eigenvalue weighted by atomic mass is 10.1. The van der Waals surface area contributed by atoms with Crippen molar-refractivity contribution in [2.45, 2.75) is 6.92 Å². The highest BCUT2D eigenvalue weighted by Crippen LogP contribution is 2.26. The Kier molecular flexibility index (Phi) is 2.78. The first-order chi connectivity index (χ1) is 7.59. The second-order valence-corrected chi connectivity index (χ2v) is 3.73. The standard InChI is InChI=1S/C11H8F2N2S/c1-6-5-14-11(16)15-10(6)9-7(12)3-2-4-8(9)13/h2-5H,1H3,(H,14,15,16). The molecule has 1 N–H and O–H groups in total. The van der Waals surface area contributed by atoms with Crippen LogP contribution in [-0.2, 0) is 0 Å². The van der Waals surface area contributed by atoms with Gasteiger partial charge in [0.25, 0.3) is 0 Å². The van der Waals surface area contributed by atoms with Gasteiger partial charge in [-0.1, -0.05) is 6.07 Å². The van der Waals surface area contributed by atoms with Crippen molar-refractivity contribution >= 4 is 12.2 Å². The van der Waals surface area contributed by atoms with Crippen molar-refractivity contribution in [3.8, 4) is 11.3 Å². The molecule has 0 saturated heterocycles. The number of hydrogen-bond acceptors (Lipinski definition) is 2. The number of halogens is 2. The Morgan fingerprint density at radius 3 is 2.50 bits per heavy atom. The minimum Gasteiger partial charge on any atom is -0.330 e. The summed E-state index contributed by atoms with van der Waals surface area (Å²) >= 11 is 4.83. The van der Waals surface area contributed by atoms with Crippen molar-refractivity contribution < 1.29 is 8.78 Å². The number of hydrogen-bond donors (Lipinski definition) is 1. The molecule has 16 heavy (non-hydrogen) atoms. The third kappa shape index (κ3) is 1.86. The highest BCUT2D eigenvalue weighted by molar-refractivity contribution is 7.71. The van der Waals surface area contributed by atoms with Gasteiger partial charge in [0.15, 0.2) is 4.77 Å². The van der Waals surface area contributed by atoms with Crippen LogP contribution < -0.4 is 0 Å². The second-order valence-electron chi connectivity index (χ2n) is 3.34. The van der Waals surface area contributed by atoms with Gasteiger partial charge in [-0.15, -0.1) is 0 Å². The Hall–Kier alpha value is -1.62. The number of rotatable bonds is 1. The molecule has 82 valence electrons. The highest BCUT2D eigenvalue weighted by atomic mass is 32.1. The average Bonchev–Trinajstić information content (AvgIpc) is 2.23. The molecule has 0 aliphatic heterocycles. The van der Waals surface area contributed by atoms with Crippen molar-refractivity contribution in [3.63, 3.8) is 0 Å². The van der Waals surface area contributed by atoms with E-state index < -0.39 is 11.6 Å². The maximum Gasteiger partial charge on any atom is 0.197 e. The van der Waals surface area contributed by atoms with Crippen molar-refractivity contribution in [1.29, 1.82) is 0 Å². The van der Waals surface area contributed by atoms with Gasteiger partial charge in [-0.05, 0) is 36.8 Å². The zero-order valence-corrected chi connectivity index (χ0v) is 9.24. The van der Waals surface area contributed by atoms with E-state index in [2.05, 4.69) is 9.97 Å². The molecule has 0 bridgehead atoms. The lowest BCUT2D eigenvalue weighted by molar-refractivity contribution is 0.588. The molecule has 1 aromatic heterocycles. The summed E-state index contributed by atoms with van der Waals surface area (Å²) in [6, 6.07) is 3.73. The molecule has 5 heteroatoms. The van der Waals surface area contributed by atoms with Gasteiger partial charge in [-0.3, -0.25) is 0 Å². The van der Waals surface area contributed by atoms with E-state index in [4.69, 9.17) is 12.2 Å². The van der Waals surface area contributed by atoms with Crippen molar-refractivity contribution in [2.75, 3.05) is 0 Å². The molecular formula is C11H8F2N2S. The first-order valence-corrected chi connectivity index (χ1v) is 5.00. The quantitative estimate of drug-likeness (QED) is 0.771. The molecule has 0 spiro atoms. The van der Waals surface area contributed by atoms with Gasteiger partial charge in [0.2, 0.25) is 0 Å². The average molecular weight is 238 g/mol. The van der Waals surface area contributed by atoms with E-state index in [0.29, 0.717) is 11.3 Å². The van der Waals surface area contributed by atoms with Crippen LogP contribution in [0.15, 0.2) is 24.4 Å². The van der Waals surface area contributed by atoms with E-state index in [1.54, 1.807) is 6.92 Å². The molecule has 0 amide bonds. The predicted octanol–water partition coefficient (Wildman–Crippen LogP) is 3.39. The number of benzene rings is 1. The van der Waals surface area contributed by atoms with Gasteiger partial charge < -0.3 is 4.98 Å². The van der Waals surface area contributed by atoms with Crippen LogP contribution in [-0.4, -0.2) is 9.97 Å². The van der Waals surface area contributed by atoms with Crippen LogP contribution in [0.2, 0.25) is 0 Å². The van der Waals surface area contributed by atoms with Gasteiger partial charge in [-0.2, -0.15) is 0 Å². The topological polar surface area (TPSA) is 28.7 Å². The Morgan fingerprint density at radius 1 is 1.25 bits per heavy atom. The lowest BCUT2D eigenvalue weighted by Crippen LogP contribution is -1.96. The number of nitrogens with one attached hydrogen (secondary N) is 1. The molecule has 0 saturated carbocycles. The van der Waals surface area contributed by atoms with E-state index in [0.717, 1.165) is 0 Å². The van der Waals surface area contributed by atoms with Crippen LogP contribution in [0.4, 0.5) is 8.78 Å². The Morgan fingerprint density at radius 2 is 1.88 bits per heavy atom. The fraction of sp³-hybridized carbons (Fsp3) is 0.0909. The number of nitrogens with zero attached hydrogens (tertiary/aromatic N) is 1. The summed E-state index contributed by atoms with van der Waals surface area (Å²) in [7, 11) is 0. The number of aromatic amines is 1. The van der Waals surface area contributed by atoms with Gasteiger partial charge >= 0.3 is 0 Å². The summed E-state index contributed by atoms with van der Waals surface area (Å²) in [4.78, 5) is 6.54. The van der Waals surface area contributed by atoms with Crippen molar-refractivity contribution in [2.24, 2.45) is 0 Å². The molecule has 0 unspecified atom stereocenters. The molecule has 0 aliphatic carbocycles. The number of aromatic nitrogens is 2. The van der Waals surface area contributed by atoms with Gasteiger partial charge in [0, 0.05) is 6.20 Å². The maximum atomic E-state index is 13.5. The van der Waals surface area contributed by atoms with Gasteiger partial charge in [-0.25, -0.2) is 13.8 Å². The van der Waals surface area contributed by atoms with Crippen LogP contribution in [0.5, 0.6) is 0 Å². The zero-order valence-electron chi connectivity index (χ0n) is 8.42. The van der Waals surface area contributed by atoms with Gasteiger partial charge in [0.05, 0.1) is 11.3 Å². The van der Waals surface area contributed by atoms with E-state index in [1.165, 1.54) is 24.4 Å². The SMILES string of the molecule is Cc1cnc(=S)[nH]c1-c1c(F)cccc1F. The minimum atomic E-state index is -0.625. The van der Waals surface area contributed by atoms with Crippen LogP contribution in [0, 0.1) is 23.3 Å². The summed E-state index contributed by atoms with van der Waals surface area (Å²) in [5, 5.41) is 0. The first kappa shape index (κ1) is 10.9. The van der Waals surface area contributed by atoms with E-state index >= 15 is 0 Å². The molecule has 2 rings (SSSR count). The van der Waals surface area contributed by atoms with Crippen LogP contribution in [0.25, 0.3) is 11.3 Å². The van der Waals surface area contributed by atoms with E-state index in [1.807, 2.05) is 0 Å². The fourth-order valence-corrected chi connectivity index (χ4v) is 1.61. The first-order valence-electron chi connectivity index (χ1n) is 4.60. The summed E-state index contributed by atoms with van der Waals surface area (Å²) in [6.45, 7) is 1.71. The Balaban J connectivity index is 2.77. The molecule has 0 fully saturated rings. The van der Waals surface area contributed by atoms with E-state index in [9.17, 15) is 8.78 Å². The summed E-state index contributed by atoms with van der Waals surface area (Å²) < 4.78 is 27.3. The van der Waals surface area contributed by atoms with E-state index in [-0.39, 0.29) is 10.3 Å². The second kappa shape index (κ2) is 4.09. The van der Waals surface area contributed by atoms with Crippen LogP contribution in [0.1, 0.15) is 5.56 Å². The van der Waals surface area contributed by atoms with Crippen LogP contribution >= 0.6 is 12.2 Å². The molecule has 0 radical (unpaired) electrons. The molecule has 1 heterocycles. The maximum absolute atomic E-state index is 13.5. The van der Waals surface area contributed by atoms with Crippen molar-refractivity contribution in [3.05, 3.63) is 46.4 Å². The number of aryl methyl sites for hydroxylation is 1.